The van der Waals surface area contributed by atoms with Crippen LogP contribution in [0.15, 0.2) is 24.3 Å². The Kier molecular flexibility index (Phi) is 3.00. The van der Waals surface area contributed by atoms with Gasteiger partial charge in [0.1, 0.15) is 0 Å². The Balaban J connectivity index is 2.79. The molecule has 0 aliphatic rings. The fourth-order valence-electron chi connectivity index (χ4n) is 1.17. The van der Waals surface area contributed by atoms with Crippen LogP contribution in [0.2, 0.25) is 0 Å². The average Bonchev–Trinajstić information content (AvgIpc) is 2.03. The molecule has 1 aromatic carbocycles. The van der Waals surface area contributed by atoms with Gasteiger partial charge in [0.05, 0.1) is 0 Å². The van der Waals surface area contributed by atoms with Crippen LogP contribution in [0.3, 0.4) is 0 Å². The minimum atomic E-state index is 0.574. The third-order valence-electron chi connectivity index (χ3n) is 1.70. The maximum atomic E-state index is 7.33. The molecule has 0 heterocycles. The molecule has 0 bridgehead atoms. The predicted molar refractivity (Wildman–Crippen MR) is 51.4 cm³/mol. The van der Waals surface area contributed by atoms with E-state index in [2.05, 4.69) is 6.07 Å². The monoisotopic (exact) mass is 162 g/mol. The normalized spacial score (nSPS) is 9.83. The van der Waals surface area contributed by atoms with Crippen LogP contribution in [0.1, 0.15) is 18.1 Å². The summed E-state index contributed by atoms with van der Waals surface area (Å²) in [6, 6.07) is 8.07. The van der Waals surface area contributed by atoms with Crippen molar-refractivity contribution in [2.45, 2.75) is 19.9 Å². The number of hydrogen-bond donors (Lipinski definition) is 2. The van der Waals surface area contributed by atoms with Gasteiger partial charge in [0.2, 0.25) is 0 Å². The topological polar surface area (TPSA) is 49.9 Å². The van der Waals surface area contributed by atoms with E-state index in [0.717, 1.165) is 12.0 Å². The molecule has 0 unspecified atom stereocenters. The van der Waals surface area contributed by atoms with E-state index in [1.165, 1.54) is 5.56 Å². The van der Waals surface area contributed by atoms with E-state index in [9.17, 15) is 0 Å². The molecule has 0 aliphatic heterocycles. The summed E-state index contributed by atoms with van der Waals surface area (Å²) in [4.78, 5) is 0. The Morgan fingerprint density at radius 1 is 1.42 bits per heavy atom. The lowest BCUT2D eigenvalue weighted by atomic mass is 10.1. The summed E-state index contributed by atoms with van der Waals surface area (Å²) in [5.74, 6) is 0. The lowest BCUT2D eigenvalue weighted by Crippen LogP contribution is -1.99. The molecule has 0 aromatic heterocycles. The second-order valence-corrected chi connectivity index (χ2v) is 2.98. The summed E-state index contributed by atoms with van der Waals surface area (Å²) in [6.07, 6.45) is 0.730. The summed E-state index contributed by atoms with van der Waals surface area (Å²) in [6.45, 7) is 2.39. The van der Waals surface area contributed by atoms with Gasteiger partial charge in [-0.2, -0.15) is 0 Å². The molecular formula is C10H14N2. The molecule has 0 fully saturated rings. The Bertz CT molecular complexity index is 279. The first kappa shape index (κ1) is 8.94. The van der Waals surface area contributed by atoms with Crippen molar-refractivity contribution in [2.24, 2.45) is 5.73 Å². The molecule has 1 rings (SSSR count). The van der Waals surface area contributed by atoms with Crippen molar-refractivity contribution in [1.82, 2.24) is 0 Å². The standard InChI is InChI=1S/C10H14N2/c1-8(12)5-9-3-2-4-10(6-9)7-11/h2-4,6,12H,5,7,11H2,1H3. The van der Waals surface area contributed by atoms with Crippen LogP contribution in [0.5, 0.6) is 0 Å². The third kappa shape index (κ3) is 2.47. The van der Waals surface area contributed by atoms with E-state index in [0.29, 0.717) is 12.3 Å². The lowest BCUT2D eigenvalue weighted by molar-refractivity contribution is 1.06. The molecule has 3 N–H and O–H groups in total. The van der Waals surface area contributed by atoms with Gasteiger partial charge in [0.15, 0.2) is 0 Å². The molecule has 0 spiro atoms. The van der Waals surface area contributed by atoms with Crippen molar-refractivity contribution < 1.29 is 0 Å². The van der Waals surface area contributed by atoms with Crippen molar-refractivity contribution in [3.05, 3.63) is 35.4 Å². The second-order valence-electron chi connectivity index (χ2n) is 2.98. The smallest absolute Gasteiger partial charge is 0.0178 e. The highest BCUT2D eigenvalue weighted by Crippen LogP contribution is 2.05. The molecule has 1 aromatic rings. The van der Waals surface area contributed by atoms with E-state index in [4.69, 9.17) is 11.1 Å². The summed E-state index contributed by atoms with van der Waals surface area (Å²) >= 11 is 0. The van der Waals surface area contributed by atoms with Crippen LogP contribution < -0.4 is 5.73 Å². The first-order chi connectivity index (χ1) is 5.72. The molecule has 0 saturated carbocycles. The Morgan fingerprint density at radius 2 is 2.08 bits per heavy atom. The SMILES string of the molecule is CC(=N)Cc1cccc(CN)c1. The molecule has 64 valence electrons. The van der Waals surface area contributed by atoms with E-state index < -0.39 is 0 Å². The molecule has 2 heteroatoms. The second kappa shape index (κ2) is 4.02. The first-order valence-corrected chi connectivity index (χ1v) is 4.04. The number of rotatable bonds is 3. The highest BCUT2D eigenvalue weighted by atomic mass is 14.5. The minimum absolute atomic E-state index is 0.574. The van der Waals surface area contributed by atoms with Gasteiger partial charge in [-0.15, -0.1) is 0 Å². The van der Waals surface area contributed by atoms with Crippen molar-refractivity contribution >= 4 is 5.71 Å². The number of nitrogens with one attached hydrogen (secondary N) is 1. The van der Waals surface area contributed by atoms with Crippen LogP contribution in [0, 0.1) is 5.41 Å². The molecule has 12 heavy (non-hydrogen) atoms. The quantitative estimate of drug-likeness (QED) is 0.653. The van der Waals surface area contributed by atoms with Crippen molar-refractivity contribution in [1.29, 1.82) is 5.41 Å². The van der Waals surface area contributed by atoms with E-state index in [-0.39, 0.29) is 0 Å². The van der Waals surface area contributed by atoms with Gasteiger partial charge < -0.3 is 11.1 Å². The maximum absolute atomic E-state index is 7.33. The van der Waals surface area contributed by atoms with Gasteiger partial charge in [-0.05, 0) is 18.1 Å². The Morgan fingerprint density at radius 3 is 2.67 bits per heavy atom. The third-order valence-corrected chi connectivity index (χ3v) is 1.70. The Hall–Kier alpha value is -1.15. The fraction of sp³-hybridized carbons (Fsp3) is 0.300. The van der Waals surface area contributed by atoms with Crippen LogP contribution in [0.4, 0.5) is 0 Å². The van der Waals surface area contributed by atoms with Crippen LogP contribution in [-0.2, 0) is 13.0 Å². The van der Waals surface area contributed by atoms with Gasteiger partial charge in [0.25, 0.3) is 0 Å². The highest BCUT2D eigenvalue weighted by molar-refractivity contribution is 5.80. The largest absolute Gasteiger partial charge is 0.326 e. The fourth-order valence-corrected chi connectivity index (χ4v) is 1.17. The summed E-state index contributed by atoms with van der Waals surface area (Å²) < 4.78 is 0. The summed E-state index contributed by atoms with van der Waals surface area (Å²) in [5.41, 5.74) is 8.49. The Labute approximate surface area is 72.9 Å². The number of benzene rings is 1. The molecular weight excluding hydrogens is 148 g/mol. The average molecular weight is 162 g/mol. The van der Waals surface area contributed by atoms with Crippen LogP contribution in [-0.4, -0.2) is 5.71 Å². The zero-order valence-corrected chi connectivity index (χ0v) is 7.30. The summed E-state index contributed by atoms with van der Waals surface area (Å²) in [5, 5.41) is 7.33. The van der Waals surface area contributed by atoms with Gasteiger partial charge in [-0.25, -0.2) is 0 Å². The van der Waals surface area contributed by atoms with E-state index in [1.807, 2.05) is 25.1 Å². The highest BCUT2D eigenvalue weighted by Gasteiger charge is 1.95. The van der Waals surface area contributed by atoms with Gasteiger partial charge in [0, 0.05) is 18.7 Å². The van der Waals surface area contributed by atoms with Crippen LogP contribution >= 0.6 is 0 Å². The number of hydrogen-bond acceptors (Lipinski definition) is 2. The maximum Gasteiger partial charge on any atom is 0.0178 e. The summed E-state index contributed by atoms with van der Waals surface area (Å²) in [7, 11) is 0. The molecule has 0 saturated heterocycles. The van der Waals surface area contributed by atoms with Crippen molar-refractivity contribution in [3.63, 3.8) is 0 Å². The first-order valence-electron chi connectivity index (χ1n) is 4.04. The van der Waals surface area contributed by atoms with Gasteiger partial charge >= 0.3 is 0 Å². The van der Waals surface area contributed by atoms with Crippen molar-refractivity contribution in [3.8, 4) is 0 Å². The zero-order valence-electron chi connectivity index (χ0n) is 7.30. The van der Waals surface area contributed by atoms with Crippen LogP contribution in [0.25, 0.3) is 0 Å². The number of nitrogens with two attached hydrogens (primary N) is 1. The van der Waals surface area contributed by atoms with Gasteiger partial charge in [-0.3, -0.25) is 0 Å². The van der Waals surface area contributed by atoms with E-state index in [1.54, 1.807) is 0 Å². The molecule has 2 nitrogen and oxygen atoms in total. The zero-order chi connectivity index (χ0) is 8.97. The molecule has 0 aliphatic carbocycles. The van der Waals surface area contributed by atoms with Crippen molar-refractivity contribution in [2.75, 3.05) is 0 Å². The molecule has 0 amide bonds. The minimum Gasteiger partial charge on any atom is -0.326 e. The van der Waals surface area contributed by atoms with E-state index >= 15 is 0 Å². The lowest BCUT2D eigenvalue weighted by Gasteiger charge is -2.01. The molecule has 0 atom stereocenters. The molecule has 0 radical (unpaired) electrons. The van der Waals surface area contributed by atoms with Gasteiger partial charge in [-0.1, -0.05) is 24.3 Å². The predicted octanol–water partition coefficient (Wildman–Crippen LogP) is 1.73.